The standard InChI is InChI=1S/C16H23N3O/c1-11(2)14(10-19(3)4)17-15-9-12-7-5-6-8-13(12)16(20)18-15/h5-9,11,14H,10H2,1-4H3,(H2,17,18,20). The molecule has 4 heteroatoms. The highest BCUT2D eigenvalue weighted by atomic mass is 16.1. The van der Waals surface area contributed by atoms with Gasteiger partial charge < -0.3 is 15.2 Å². The molecule has 1 unspecified atom stereocenters. The van der Waals surface area contributed by atoms with Gasteiger partial charge in [-0.2, -0.15) is 0 Å². The lowest BCUT2D eigenvalue weighted by molar-refractivity contribution is 0.344. The monoisotopic (exact) mass is 273 g/mol. The minimum Gasteiger partial charge on any atom is -0.367 e. The van der Waals surface area contributed by atoms with Gasteiger partial charge in [-0.15, -0.1) is 0 Å². The van der Waals surface area contributed by atoms with E-state index < -0.39 is 0 Å². The number of nitrogens with zero attached hydrogens (tertiary/aromatic N) is 1. The highest BCUT2D eigenvalue weighted by Crippen LogP contribution is 2.15. The fraction of sp³-hybridized carbons (Fsp3) is 0.438. The molecule has 2 rings (SSSR count). The summed E-state index contributed by atoms with van der Waals surface area (Å²) < 4.78 is 0. The van der Waals surface area contributed by atoms with Crippen LogP contribution in [0.3, 0.4) is 0 Å². The van der Waals surface area contributed by atoms with Gasteiger partial charge in [0.1, 0.15) is 5.82 Å². The second kappa shape index (κ2) is 6.09. The number of aromatic amines is 1. The molecule has 0 bridgehead atoms. The number of fused-ring (bicyclic) bond motifs is 1. The smallest absolute Gasteiger partial charge is 0.257 e. The van der Waals surface area contributed by atoms with Gasteiger partial charge in [0.25, 0.3) is 5.56 Å². The van der Waals surface area contributed by atoms with E-state index in [1.807, 2.05) is 30.3 Å². The summed E-state index contributed by atoms with van der Waals surface area (Å²) in [5.41, 5.74) is -0.0436. The van der Waals surface area contributed by atoms with Crippen LogP contribution in [0.15, 0.2) is 35.1 Å². The molecular formula is C16H23N3O. The molecule has 2 N–H and O–H groups in total. The van der Waals surface area contributed by atoms with Crippen LogP contribution in [0.4, 0.5) is 5.82 Å². The molecule has 4 nitrogen and oxygen atoms in total. The van der Waals surface area contributed by atoms with E-state index in [0.717, 1.165) is 23.1 Å². The van der Waals surface area contributed by atoms with Crippen LogP contribution in [0.5, 0.6) is 0 Å². The minimum atomic E-state index is -0.0436. The van der Waals surface area contributed by atoms with Crippen molar-refractivity contribution >= 4 is 16.6 Å². The van der Waals surface area contributed by atoms with E-state index in [1.165, 1.54) is 0 Å². The van der Waals surface area contributed by atoms with Gasteiger partial charge >= 0.3 is 0 Å². The summed E-state index contributed by atoms with van der Waals surface area (Å²) >= 11 is 0. The summed E-state index contributed by atoms with van der Waals surface area (Å²) in [5.74, 6) is 1.27. The Balaban J connectivity index is 2.30. The molecule has 0 saturated heterocycles. The van der Waals surface area contributed by atoms with Crippen LogP contribution in [-0.2, 0) is 0 Å². The van der Waals surface area contributed by atoms with Crippen LogP contribution in [0.2, 0.25) is 0 Å². The molecule has 1 aromatic heterocycles. The summed E-state index contributed by atoms with van der Waals surface area (Å²) in [6.07, 6.45) is 0. The molecule has 2 aromatic rings. The third-order valence-corrected chi connectivity index (χ3v) is 3.46. The van der Waals surface area contributed by atoms with Gasteiger partial charge in [-0.1, -0.05) is 32.0 Å². The predicted octanol–water partition coefficient (Wildman–Crippen LogP) is 2.53. The van der Waals surface area contributed by atoms with Gasteiger partial charge in [0.2, 0.25) is 0 Å². The van der Waals surface area contributed by atoms with E-state index in [4.69, 9.17) is 0 Å². The first-order valence-electron chi connectivity index (χ1n) is 7.00. The van der Waals surface area contributed by atoms with Crippen molar-refractivity contribution in [1.29, 1.82) is 0 Å². The number of rotatable bonds is 5. The summed E-state index contributed by atoms with van der Waals surface area (Å²) in [6.45, 7) is 5.28. The number of pyridine rings is 1. The number of hydrogen-bond acceptors (Lipinski definition) is 3. The van der Waals surface area contributed by atoms with Crippen LogP contribution < -0.4 is 10.9 Å². The van der Waals surface area contributed by atoms with E-state index in [2.05, 4.69) is 43.1 Å². The highest BCUT2D eigenvalue weighted by Gasteiger charge is 2.14. The minimum absolute atomic E-state index is 0.0436. The topological polar surface area (TPSA) is 48.1 Å². The van der Waals surface area contributed by atoms with E-state index in [0.29, 0.717) is 12.0 Å². The Morgan fingerprint density at radius 1 is 1.25 bits per heavy atom. The number of nitrogens with one attached hydrogen (secondary N) is 2. The van der Waals surface area contributed by atoms with Crippen molar-refractivity contribution in [2.45, 2.75) is 19.9 Å². The molecule has 0 aliphatic rings. The van der Waals surface area contributed by atoms with Crippen LogP contribution in [0, 0.1) is 5.92 Å². The van der Waals surface area contributed by atoms with Crippen molar-refractivity contribution in [3.05, 3.63) is 40.7 Å². The first-order valence-corrected chi connectivity index (χ1v) is 7.00. The molecule has 108 valence electrons. The fourth-order valence-electron chi connectivity index (χ4n) is 2.30. The number of likely N-dealkylation sites (N-methyl/N-ethyl adjacent to an activating group) is 1. The molecule has 20 heavy (non-hydrogen) atoms. The predicted molar refractivity (Wildman–Crippen MR) is 85.4 cm³/mol. The number of aromatic nitrogens is 1. The SMILES string of the molecule is CC(C)C(CN(C)C)Nc1cc2ccccc2c(=O)[nH]1. The third kappa shape index (κ3) is 3.39. The van der Waals surface area contributed by atoms with E-state index >= 15 is 0 Å². The zero-order chi connectivity index (χ0) is 14.7. The largest absolute Gasteiger partial charge is 0.367 e. The maximum Gasteiger partial charge on any atom is 0.257 e. The van der Waals surface area contributed by atoms with Gasteiger partial charge in [0, 0.05) is 18.0 Å². The lowest BCUT2D eigenvalue weighted by Crippen LogP contribution is -2.37. The molecule has 0 saturated carbocycles. The molecule has 0 radical (unpaired) electrons. The zero-order valence-corrected chi connectivity index (χ0v) is 12.6. The van der Waals surface area contributed by atoms with Crippen LogP contribution in [-0.4, -0.2) is 36.6 Å². The van der Waals surface area contributed by atoms with Gasteiger partial charge in [-0.05, 0) is 37.5 Å². The lowest BCUT2D eigenvalue weighted by Gasteiger charge is -2.26. The van der Waals surface area contributed by atoms with Crippen molar-refractivity contribution in [3.63, 3.8) is 0 Å². The molecule has 0 spiro atoms. The van der Waals surface area contributed by atoms with Gasteiger partial charge in [-0.3, -0.25) is 4.79 Å². The quantitative estimate of drug-likeness (QED) is 0.880. The number of hydrogen-bond donors (Lipinski definition) is 2. The first kappa shape index (κ1) is 14.6. The third-order valence-electron chi connectivity index (χ3n) is 3.46. The van der Waals surface area contributed by atoms with Crippen molar-refractivity contribution in [1.82, 2.24) is 9.88 Å². The lowest BCUT2D eigenvalue weighted by atomic mass is 10.0. The summed E-state index contributed by atoms with van der Waals surface area (Å²) in [5, 5.41) is 5.14. The average Bonchev–Trinajstić information content (AvgIpc) is 2.37. The Bertz CT molecular complexity index is 631. The van der Waals surface area contributed by atoms with Crippen LogP contribution >= 0.6 is 0 Å². The molecular weight excluding hydrogens is 250 g/mol. The van der Waals surface area contributed by atoms with Gasteiger partial charge in [0.15, 0.2) is 0 Å². The van der Waals surface area contributed by atoms with E-state index in [-0.39, 0.29) is 5.56 Å². The first-order chi connectivity index (χ1) is 9.47. The van der Waals surface area contributed by atoms with Gasteiger partial charge in [0.05, 0.1) is 0 Å². The molecule has 0 aliphatic heterocycles. The Morgan fingerprint density at radius 2 is 1.95 bits per heavy atom. The number of benzene rings is 1. The Labute approximate surface area is 119 Å². The normalized spacial score (nSPS) is 13.1. The van der Waals surface area contributed by atoms with E-state index in [9.17, 15) is 4.79 Å². The van der Waals surface area contributed by atoms with Crippen LogP contribution in [0.1, 0.15) is 13.8 Å². The summed E-state index contributed by atoms with van der Waals surface area (Å²) in [7, 11) is 4.11. The fourth-order valence-corrected chi connectivity index (χ4v) is 2.30. The molecule has 1 heterocycles. The maximum atomic E-state index is 12.1. The Kier molecular flexibility index (Phi) is 4.45. The van der Waals surface area contributed by atoms with Crippen molar-refractivity contribution in [2.24, 2.45) is 5.92 Å². The average molecular weight is 273 g/mol. The Morgan fingerprint density at radius 3 is 2.60 bits per heavy atom. The van der Waals surface area contributed by atoms with Gasteiger partial charge in [-0.25, -0.2) is 0 Å². The highest BCUT2D eigenvalue weighted by molar-refractivity contribution is 5.83. The zero-order valence-electron chi connectivity index (χ0n) is 12.6. The van der Waals surface area contributed by atoms with Crippen molar-refractivity contribution < 1.29 is 0 Å². The second-order valence-electron chi connectivity index (χ2n) is 5.86. The number of anilines is 1. The Hall–Kier alpha value is -1.81. The molecule has 0 fully saturated rings. The summed E-state index contributed by atoms with van der Waals surface area (Å²) in [4.78, 5) is 17.1. The second-order valence-corrected chi connectivity index (χ2v) is 5.86. The molecule has 1 aromatic carbocycles. The van der Waals surface area contributed by atoms with Crippen molar-refractivity contribution in [3.8, 4) is 0 Å². The van der Waals surface area contributed by atoms with Crippen LogP contribution in [0.25, 0.3) is 10.8 Å². The number of H-pyrrole nitrogens is 1. The molecule has 0 amide bonds. The summed E-state index contributed by atoms with van der Waals surface area (Å²) in [6, 6.07) is 9.94. The molecule has 0 aliphatic carbocycles. The van der Waals surface area contributed by atoms with Crippen molar-refractivity contribution in [2.75, 3.05) is 26.0 Å². The maximum absolute atomic E-state index is 12.1. The molecule has 1 atom stereocenters. The van der Waals surface area contributed by atoms with E-state index in [1.54, 1.807) is 0 Å².